The fourth-order valence-electron chi connectivity index (χ4n) is 2.88. The van der Waals surface area contributed by atoms with Crippen molar-refractivity contribution in [1.82, 2.24) is 15.5 Å². The zero-order valence-electron chi connectivity index (χ0n) is 15.5. The lowest BCUT2D eigenvalue weighted by Crippen LogP contribution is -2.39. The highest BCUT2D eigenvalue weighted by molar-refractivity contribution is 8.13. The van der Waals surface area contributed by atoms with Crippen molar-refractivity contribution in [2.45, 2.75) is 65.5 Å². The van der Waals surface area contributed by atoms with Gasteiger partial charge in [0.2, 0.25) is 0 Å². The van der Waals surface area contributed by atoms with E-state index in [1.807, 2.05) is 26.8 Å². The van der Waals surface area contributed by atoms with Crippen molar-refractivity contribution in [3.05, 3.63) is 11.8 Å². The molecule has 1 aliphatic rings. The lowest BCUT2D eigenvalue weighted by Gasteiger charge is -2.29. The average molecular weight is 368 g/mol. The molecule has 8 heteroatoms. The Labute approximate surface area is 153 Å². The Morgan fingerprint density at radius 1 is 1.44 bits per heavy atom. The van der Waals surface area contributed by atoms with E-state index in [0.717, 1.165) is 48.0 Å². The van der Waals surface area contributed by atoms with Gasteiger partial charge in [0.05, 0.1) is 11.1 Å². The molecule has 0 bridgehead atoms. The smallest absolute Gasteiger partial charge is 0.407 e. The molecule has 3 N–H and O–H groups in total. The first-order valence-corrected chi connectivity index (χ1v) is 9.92. The van der Waals surface area contributed by atoms with Crippen LogP contribution >= 0.6 is 11.8 Å². The van der Waals surface area contributed by atoms with Gasteiger partial charge in [-0.2, -0.15) is 10.2 Å². The summed E-state index contributed by atoms with van der Waals surface area (Å²) in [7, 11) is 0. The van der Waals surface area contributed by atoms with Gasteiger partial charge in [-0.15, -0.1) is 11.8 Å². The first-order valence-electron chi connectivity index (χ1n) is 8.93. The molecule has 1 saturated carbocycles. The van der Waals surface area contributed by atoms with Gasteiger partial charge < -0.3 is 10.1 Å². The minimum atomic E-state index is -0.314. The Kier molecular flexibility index (Phi) is 7.61. The SMILES string of the molecule is CCS/C(=N\Nc1cc(C)[nH]n1)C1CCC(NC(=O)OC(C)C)CC1. The van der Waals surface area contributed by atoms with Crippen LogP contribution in [0, 0.1) is 12.8 Å². The highest BCUT2D eigenvalue weighted by Gasteiger charge is 2.26. The number of H-pyrrole nitrogens is 1. The third-order valence-corrected chi connectivity index (χ3v) is 5.03. The number of carbonyl (C=O) groups is 1. The van der Waals surface area contributed by atoms with E-state index in [1.54, 1.807) is 11.8 Å². The maximum Gasteiger partial charge on any atom is 0.407 e. The molecule has 140 valence electrons. The lowest BCUT2D eigenvalue weighted by molar-refractivity contribution is 0.109. The van der Waals surface area contributed by atoms with Gasteiger partial charge >= 0.3 is 6.09 Å². The second kappa shape index (κ2) is 9.70. The van der Waals surface area contributed by atoms with Gasteiger partial charge in [0, 0.05) is 23.7 Å². The number of alkyl carbamates (subject to hydrolysis) is 1. The van der Waals surface area contributed by atoms with Crippen molar-refractivity contribution >= 4 is 28.7 Å². The van der Waals surface area contributed by atoms with Crippen LogP contribution in [0.2, 0.25) is 0 Å². The number of aryl methyl sites for hydroxylation is 1. The third kappa shape index (κ3) is 6.61. The Morgan fingerprint density at radius 3 is 2.72 bits per heavy atom. The maximum absolute atomic E-state index is 11.7. The van der Waals surface area contributed by atoms with Crippen molar-refractivity contribution in [2.24, 2.45) is 11.0 Å². The number of hydrazone groups is 1. The van der Waals surface area contributed by atoms with Crippen LogP contribution in [0.1, 0.15) is 52.1 Å². The Hall–Kier alpha value is -1.70. The first kappa shape index (κ1) is 19.6. The number of aromatic amines is 1. The summed E-state index contributed by atoms with van der Waals surface area (Å²) in [5.74, 6) is 2.15. The fourth-order valence-corrected chi connectivity index (χ4v) is 3.75. The Morgan fingerprint density at radius 2 is 2.16 bits per heavy atom. The predicted molar refractivity (Wildman–Crippen MR) is 103 cm³/mol. The molecule has 1 aromatic heterocycles. The molecule has 0 aliphatic heterocycles. The molecule has 25 heavy (non-hydrogen) atoms. The number of amides is 1. The number of thioether (sulfide) groups is 1. The number of aromatic nitrogens is 2. The van der Waals surface area contributed by atoms with Crippen molar-refractivity contribution in [2.75, 3.05) is 11.2 Å². The molecule has 1 fully saturated rings. The minimum Gasteiger partial charge on any atom is -0.447 e. The van der Waals surface area contributed by atoms with Crippen LogP contribution in [0.25, 0.3) is 0 Å². The van der Waals surface area contributed by atoms with Crippen molar-refractivity contribution < 1.29 is 9.53 Å². The molecule has 0 aromatic carbocycles. The summed E-state index contributed by atoms with van der Waals surface area (Å²) in [6.45, 7) is 7.81. The van der Waals surface area contributed by atoms with Gasteiger partial charge in [0.1, 0.15) is 0 Å². The highest BCUT2D eigenvalue weighted by Crippen LogP contribution is 2.29. The highest BCUT2D eigenvalue weighted by atomic mass is 32.2. The maximum atomic E-state index is 11.7. The van der Waals surface area contributed by atoms with Gasteiger partial charge in [-0.25, -0.2) is 4.79 Å². The van der Waals surface area contributed by atoms with Gasteiger partial charge in [-0.3, -0.25) is 10.5 Å². The number of nitrogens with one attached hydrogen (secondary N) is 3. The number of hydrogen-bond donors (Lipinski definition) is 3. The number of rotatable bonds is 6. The summed E-state index contributed by atoms with van der Waals surface area (Å²) < 4.78 is 5.16. The molecule has 7 nitrogen and oxygen atoms in total. The van der Waals surface area contributed by atoms with Gasteiger partial charge in [0.15, 0.2) is 5.82 Å². The molecule has 2 rings (SSSR count). The Bertz CT molecular complexity index is 579. The molecule has 1 aromatic rings. The topological polar surface area (TPSA) is 91.4 Å². The van der Waals surface area contributed by atoms with Crippen LogP contribution in [-0.4, -0.2) is 39.2 Å². The van der Waals surface area contributed by atoms with Crippen LogP contribution in [0.15, 0.2) is 11.2 Å². The standard InChI is InChI=1S/C17H29N5O2S/c1-5-25-16(22-21-15-10-12(4)19-20-15)13-6-8-14(9-7-13)18-17(23)24-11(2)3/h10-11,13-14H,5-9H2,1-4H3,(H,18,23)(H2,19,20,21)/b22-16-. The molecule has 1 aliphatic carbocycles. The van der Waals surface area contributed by atoms with E-state index in [2.05, 4.69) is 33.0 Å². The molecule has 0 spiro atoms. The lowest BCUT2D eigenvalue weighted by atomic mass is 9.86. The number of nitrogens with zero attached hydrogens (tertiary/aromatic N) is 2. The first-order chi connectivity index (χ1) is 12.0. The quantitative estimate of drug-likeness (QED) is 0.403. The summed E-state index contributed by atoms with van der Waals surface area (Å²) in [6, 6.07) is 2.12. The van der Waals surface area contributed by atoms with Gasteiger partial charge in [-0.1, -0.05) is 6.92 Å². The van der Waals surface area contributed by atoms with Crippen LogP contribution < -0.4 is 10.7 Å². The zero-order chi connectivity index (χ0) is 18.2. The Balaban J connectivity index is 1.85. The molecular formula is C17H29N5O2S. The minimum absolute atomic E-state index is 0.0900. The summed E-state index contributed by atoms with van der Waals surface area (Å²) >= 11 is 1.77. The van der Waals surface area contributed by atoms with E-state index in [9.17, 15) is 4.79 Å². The number of carbonyl (C=O) groups excluding carboxylic acids is 1. The zero-order valence-corrected chi connectivity index (χ0v) is 16.3. The summed E-state index contributed by atoms with van der Waals surface area (Å²) in [4.78, 5) is 11.7. The van der Waals surface area contributed by atoms with Crippen molar-refractivity contribution in [1.29, 1.82) is 0 Å². The van der Waals surface area contributed by atoms with Crippen LogP contribution in [0.4, 0.5) is 10.6 Å². The van der Waals surface area contributed by atoms with Gasteiger partial charge in [0.25, 0.3) is 0 Å². The predicted octanol–water partition coefficient (Wildman–Crippen LogP) is 3.89. The normalized spacial score (nSPS) is 21.2. The van der Waals surface area contributed by atoms with E-state index < -0.39 is 0 Å². The molecule has 0 saturated heterocycles. The monoisotopic (exact) mass is 367 g/mol. The largest absolute Gasteiger partial charge is 0.447 e. The molecule has 1 amide bonds. The van der Waals surface area contributed by atoms with E-state index in [4.69, 9.17) is 4.74 Å². The summed E-state index contributed by atoms with van der Waals surface area (Å²) in [5.41, 5.74) is 4.05. The summed E-state index contributed by atoms with van der Waals surface area (Å²) in [5, 5.41) is 15.7. The van der Waals surface area contributed by atoms with E-state index in [1.165, 1.54) is 0 Å². The van der Waals surface area contributed by atoms with Crippen LogP contribution in [0.5, 0.6) is 0 Å². The fraction of sp³-hybridized carbons (Fsp3) is 0.706. The molecule has 0 unspecified atom stereocenters. The van der Waals surface area contributed by atoms with E-state index in [0.29, 0.717) is 5.92 Å². The van der Waals surface area contributed by atoms with E-state index in [-0.39, 0.29) is 18.2 Å². The number of hydrogen-bond acceptors (Lipinski definition) is 6. The third-order valence-electron chi connectivity index (χ3n) is 4.02. The van der Waals surface area contributed by atoms with Crippen molar-refractivity contribution in [3.8, 4) is 0 Å². The second-order valence-corrected chi connectivity index (χ2v) is 7.86. The molecular weight excluding hydrogens is 338 g/mol. The summed E-state index contributed by atoms with van der Waals surface area (Å²) in [6.07, 6.45) is 3.52. The number of anilines is 1. The average Bonchev–Trinajstić information content (AvgIpc) is 2.97. The van der Waals surface area contributed by atoms with Gasteiger partial charge in [-0.05, 0) is 52.2 Å². The van der Waals surface area contributed by atoms with Crippen molar-refractivity contribution in [3.63, 3.8) is 0 Å². The molecule has 1 heterocycles. The molecule has 0 atom stereocenters. The van der Waals surface area contributed by atoms with Crippen LogP contribution in [-0.2, 0) is 4.74 Å². The van der Waals surface area contributed by atoms with E-state index >= 15 is 0 Å². The second-order valence-electron chi connectivity index (χ2n) is 6.58. The van der Waals surface area contributed by atoms with Crippen LogP contribution in [0.3, 0.4) is 0 Å². The number of ether oxygens (including phenoxy) is 1. The molecule has 0 radical (unpaired) electrons.